The van der Waals surface area contributed by atoms with Crippen LogP contribution >= 0.6 is 11.6 Å². The number of benzene rings is 1. The van der Waals surface area contributed by atoms with Crippen LogP contribution in [0.5, 0.6) is 0 Å². The largest absolute Gasteiger partial charge is 0.597 e. The van der Waals surface area contributed by atoms with Gasteiger partial charge in [0.05, 0.1) is 12.2 Å². The lowest BCUT2D eigenvalue weighted by molar-refractivity contribution is 0.173. The summed E-state index contributed by atoms with van der Waals surface area (Å²) >= 11 is 4.77. The molecule has 5 rings (SSSR count). The first-order valence-electron chi connectivity index (χ1n) is 9.84. The Hall–Kier alpha value is -1.85. The van der Waals surface area contributed by atoms with Gasteiger partial charge in [0.25, 0.3) is 0 Å². The molecule has 1 spiro atoms. The van der Waals surface area contributed by atoms with Crippen LogP contribution in [0.3, 0.4) is 0 Å². The van der Waals surface area contributed by atoms with E-state index in [1.165, 1.54) is 22.9 Å². The van der Waals surface area contributed by atoms with Gasteiger partial charge in [-0.2, -0.15) is 5.26 Å². The molecule has 0 unspecified atom stereocenters. The van der Waals surface area contributed by atoms with Crippen molar-refractivity contribution in [2.24, 2.45) is 5.41 Å². The van der Waals surface area contributed by atoms with Gasteiger partial charge in [-0.25, -0.2) is 9.97 Å². The number of rotatable bonds is 1. The van der Waals surface area contributed by atoms with Crippen LogP contribution in [0, 0.1) is 16.7 Å². The monoisotopic (exact) mass is 427 g/mol. The second-order valence-corrected chi connectivity index (χ2v) is 10.9. The summed E-state index contributed by atoms with van der Waals surface area (Å²) in [7, 11) is 0. The Kier molecular flexibility index (Phi) is 4.34. The Morgan fingerprint density at radius 2 is 2.10 bits per heavy atom. The molecule has 0 saturated carbocycles. The van der Waals surface area contributed by atoms with Crippen molar-refractivity contribution in [2.45, 2.75) is 43.9 Å². The number of halogens is 1. The van der Waals surface area contributed by atoms with Crippen molar-refractivity contribution in [3.63, 3.8) is 0 Å². The lowest BCUT2D eigenvalue weighted by Crippen LogP contribution is -2.53. The zero-order valence-electron chi connectivity index (χ0n) is 16.4. The van der Waals surface area contributed by atoms with Crippen LogP contribution in [0.4, 0.5) is 5.82 Å². The number of anilines is 1. The van der Waals surface area contributed by atoms with Gasteiger partial charge >= 0.3 is 0 Å². The van der Waals surface area contributed by atoms with Crippen molar-refractivity contribution < 1.29 is 4.55 Å². The third-order valence-electron chi connectivity index (χ3n) is 6.87. The molecule has 1 saturated heterocycles. The number of nitriles is 1. The quantitative estimate of drug-likeness (QED) is 0.702. The third kappa shape index (κ3) is 2.77. The number of aromatic nitrogens is 2. The minimum absolute atomic E-state index is 0.0355. The average molecular weight is 428 g/mol. The second kappa shape index (κ2) is 6.58. The van der Waals surface area contributed by atoms with Gasteiger partial charge in [0.1, 0.15) is 11.2 Å². The van der Waals surface area contributed by atoms with E-state index < -0.39 is 16.1 Å². The van der Waals surface area contributed by atoms with Crippen LogP contribution in [0.2, 0.25) is 5.15 Å². The van der Waals surface area contributed by atoms with Gasteiger partial charge in [0, 0.05) is 35.4 Å². The highest BCUT2D eigenvalue weighted by atomic mass is 35.5. The smallest absolute Gasteiger partial charge is 0.184 e. The fraction of sp³-hybridized carbons (Fsp3) is 0.476. The summed E-state index contributed by atoms with van der Waals surface area (Å²) in [6.45, 7) is 5.67. The van der Waals surface area contributed by atoms with E-state index in [1.807, 2.05) is 0 Å². The minimum atomic E-state index is -1.13. The van der Waals surface area contributed by atoms with Crippen LogP contribution in [0.15, 0.2) is 24.4 Å². The second-order valence-electron chi connectivity index (χ2n) is 8.71. The van der Waals surface area contributed by atoms with Gasteiger partial charge in [-0.1, -0.05) is 29.8 Å². The van der Waals surface area contributed by atoms with Crippen molar-refractivity contribution in [3.8, 4) is 6.07 Å². The summed E-state index contributed by atoms with van der Waals surface area (Å²) < 4.78 is 16.1. The van der Waals surface area contributed by atoms with E-state index in [-0.39, 0.29) is 22.3 Å². The van der Waals surface area contributed by atoms with Gasteiger partial charge in [0.15, 0.2) is 16.3 Å². The number of fused-ring (bicyclic) bond motifs is 1. The SMILES string of the molecule is CC1(C)c2cccc3c2[C@@H](N[S@@+]1[O-])C1(CCN(c2ncc(Cl)nc2C#N)CC1)C3. The van der Waals surface area contributed by atoms with E-state index in [1.54, 1.807) is 0 Å². The molecule has 1 N–H and O–H groups in total. The molecular formula is C21H22ClN5OS. The first kappa shape index (κ1) is 19.1. The topological polar surface area (TPSA) is 87.9 Å². The van der Waals surface area contributed by atoms with E-state index in [0.29, 0.717) is 5.82 Å². The van der Waals surface area contributed by atoms with Crippen LogP contribution in [0.1, 0.15) is 55.1 Å². The molecule has 1 aliphatic carbocycles. The number of hydrogen-bond donors (Lipinski definition) is 1. The first-order valence-corrected chi connectivity index (χ1v) is 11.4. The van der Waals surface area contributed by atoms with Crippen LogP contribution < -0.4 is 9.62 Å². The highest BCUT2D eigenvalue weighted by Gasteiger charge is 2.56. The van der Waals surface area contributed by atoms with Gasteiger partial charge in [0.2, 0.25) is 0 Å². The van der Waals surface area contributed by atoms with E-state index in [9.17, 15) is 9.81 Å². The highest BCUT2D eigenvalue weighted by Crippen LogP contribution is 2.57. The van der Waals surface area contributed by atoms with Gasteiger partial charge in [-0.05, 0) is 44.2 Å². The molecule has 2 aromatic rings. The fourth-order valence-corrected chi connectivity index (χ4v) is 6.64. The van der Waals surface area contributed by atoms with E-state index in [0.717, 1.165) is 32.4 Å². The lowest BCUT2D eigenvalue weighted by Gasteiger charge is -2.46. The molecule has 6 nitrogen and oxygen atoms in total. The number of piperidine rings is 1. The molecule has 1 aromatic heterocycles. The molecule has 0 amide bonds. The van der Waals surface area contributed by atoms with Crippen LogP contribution in [0.25, 0.3) is 0 Å². The number of nitrogens with zero attached hydrogens (tertiary/aromatic N) is 4. The van der Waals surface area contributed by atoms with Crippen LogP contribution in [-0.2, 0) is 22.5 Å². The predicted molar refractivity (Wildman–Crippen MR) is 113 cm³/mol. The molecule has 29 heavy (non-hydrogen) atoms. The Morgan fingerprint density at radius 3 is 2.83 bits per heavy atom. The minimum Gasteiger partial charge on any atom is -0.597 e. The average Bonchev–Trinajstić information content (AvgIpc) is 3.00. The van der Waals surface area contributed by atoms with Crippen molar-refractivity contribution in [1.82, 2.24) is 14.7 Å². The summed E-state index contributed by atoms with van der Waals surface area (Å²) in [4.78, 5) is 10.6. The first-order chi connectivity index (χ1) is 13.9. The number of nitrogens with one attached hydrogen (secondary N) is 1. The maximum Gasteiger partial charge on any atom is 0.184 e. The predicted octanol–water partition coefficient (Wildman–Crippen LogP) is 3.39. The molecule has 1 aromatic carbocycles. The normalized spacial score (nSPS) is 26.2. The Labute approximate surface area is 178 Å². The molecule has 1 fully saturated rings. The molecule has 150 valence electrons. The Morgan fingerprint density at radius 1 is 1.34 bits per heavy atom. The fourth-order valence-electron chi connectivity index (χ4n) is 5.26. The standard InChI is InChI=1S/C21H22ClN5OS/c1-20(2)14-5-3-4-13-10-21(18(17(13)14)26-29(20)28)6-8-27(9-7-21)19-15(11-23)25-16(22)12-24-19/h3-5,12,18,26H,6-10H2,1-2H3/t18-,29+/m1/s1. The third-order valence-corrected chi connectivity index (χ3v) is 8.64. The Bertz CT molecular complexity index is 1030. The molecule has 3 aliphatic rings. The summed E-state index contributed by atoms with van der Waals surface area (Å²) in [6, 6.07) is 8.68. The number of hydrogen-bond acceptors (Lipinski definition) is 6. The summed E-state index contributed by atoms with van der Waals surface area (Å²) in [6.07, 6.45) is 4.36. The van der Waals surface area contributed by atoms with E-state index >= 15 is 0 Å². The maximum atomic E-state index is 13.0. The summed E-state index contributed by atoms with van der Waals surface area (Å²) in [5.74, 6) is 0.601. The van der Waals surface area contributed by atoms with E-state index in [4.69, 9.17) is 11.6 Å². The molecule has 3 heterocycles. The molecule has 2 atom stereocenters. The molecule has 0 bridgehead atoms. The summed E-state index contributed by atoms with van der Waals surface area (Å²) in [5, 5.41) is 9.64. The zero-order valence-corrected chi connectivity index (χ0v) is 18.0. The van der Waals surface area contributed by atoms with Gasteiger partial charge in [-0.3, -0.25) is 0 Å². The maximum absolute atomic E-state index is 13.0. The Balaban J connectivity index is 1.45. The molecule has 8 heteroatoms. The lowest BCUT2D eigenvalue weighted by atomic mass is 9.72. The van der Waals surface area contributed by atoms with Crippen molar-refractivity contribution in [1.29, 1.82) is 5.26 Å². The zero-order chi connectivity index (χ0) is 20.4. The molecule has 0 radical (unpaired) electrons. The van der Waals surface area contributed by atoms with Gasteiger partial charge in [-0.15, -0.1) is 4.72 Å². The highest BCUT2D eigenvalue weighted by molar-refractivity contribution is 7.90. The van der Waals surface area contributed by atoms with Crippen molar-refractivity contribution in [3.05, 3.63) is 51.9 Å². The van der Waals surface area contributed by atoms with Crippen molar-refractivity contribution >= 4 is 28.8 Å². The summed E-state index contributed by atoms with van der Waals surface area (Å²) in [5.41, 5.74) is 4.25. The van der Waals surface area contributed by atoms with E-state index in [2.05, 4.69) is 57.7 Å². The van der Waals surface area contributed by atoms with Crippen molar-refractivity contribution in [2.75, 3.05) is 18.0 Å². The molecule has 2 aliphatic heterocycles. The molecular weight excluding hydrogens is 406 g/mol. The van der Waals surface area contributed by atoms with Gasteiger partial charge < -0.3 is 9.45 Å². The van der Waals surface area contributed by atoms with Crippen LogP contribution in [-0.4, -0.2) is 27.6 Å².